The first kappa shape index (κ1) is 16.8. The van der Waals surface area contributed by atoms with Crippen LogP contribution in [0.15, 0.2) is 6.07 Å². The van der Waals surface area contributed by atoms with Gasteiger partial charge in [-0.15, -0.1) is 0 Å². The highest BCUT2D eigenvalue weighted by molar-refractivity contribution is 5.88. The van der Waals surface area contributed by atoms with Crippen LogP contribution in [0.3, 0.4) is 0 Å². The Morgan fingerprint density at radius 1 is 1.45 bits per heavy atom. The SMILES string of the molecule is CC[C@@](C)(CNC(=O)Nc1cc(C)nn1C)N1CCOCC1. The van der Waals surface area contributed by atoms with E-state index in [-0.39, 0.29) is 11.6 Å². The first-order valence-electron chi connectivity index (χ1n) is 7.83. The summed E-state index contributed by atoms with van der Waals surface area (Å²) in [6, 6.07) is 1.65. The lowest BCUT2D eigenvalue weighted by atomic mass is 9.95. The number of amides is 2. The molecule has 0 saturated carbocycles. The van der Waals surface area contributed by atoms with E-state index in [1.54, 1.807) is 4.68 Å². The van der Waals surface area contributed by atoms with Crippen LogP contribution in [0.25, 0.3) is 0 Å². The molecule has 7 nitrogen and oxygen atoms in total. The van der Waals surface area contributed by atoms with E-state index in [0.29, 0.717) is 12.4 Å². The van der Waals surface area contributed by atoms with E-state index in [2.05, 4.69) is 34.5 Å². The van der Waals surface area contributed by atoms with Crippen LogP contribution in [0.4, 0.5) is 10.6 Å². The number of nitrogens with zero attached hydrogens (tertiary/aromatic N) is 3. The monoisotopic (exact) mass is 309 g/mol. The van der Waals surface area contributed by atoms with Gasteiger partial charge in [0, 0.05) is 38.3 Å². The van der Waals surface area contributed by atoms with Crippen molar-refractivity contribution in [3.8, 4) is 0 Å². The quantitative estimate of drug-likeness (QED) is 0.861. The Hall–Kier alpha value is -1.60. The largest absolute Gasteiger partial charge is 0.379 e. The third-order valence-corrected chi connectivity index (χ3v) is 4.41. The van der Waals surface area contributed by atoms with E-state index < -0.39 is 0 Å². The number of hydrogen-bond donors (Lipinski definition) is 2. The summed E-state index contributed by atoms with van der Waals surface area (Å²) in [5, 5.41) is 10.0. The standard InChI is InChI=1S/C15H27N5O2/c1-5-15(3,20-6-8-22-9-7-20)11-16-14(21)17-13-10-12(2)18-19(13)4/h10H,5-9,11H2,1-4H3,(H2,16,17,21)/t15-/m0/s1. The van der Waals surface area contributed by atoms with Crippen molar-refractivity contribution < 1.29 is 9.53 Å². The smallest absolute Gasteiger partial charge is 0.320 e. The average Bonchev–Trinajstić information content (AvgIpc) is 2.83. The van der Waals surface area contributed by atoms with Crippen molar-refractivity contribution in [1.29, 1.82) is 0 Å². The van der Waals surface area contributed by atoms with Gasteiger partial charge in [-0.05, 0) is 20.3 Å². The normalized spacial score (nSPS) is 18.7. The molecule has 22 heavy (non-hydrogen) atoms. The van der Waals surface area contributed by atoms with Crippen LogP contribution >= 0.6 is 0 Å². The molecule has 1 aromatic heterocycles. The molecule has 1 atom stereocenters. The number of rotatable bonds is 5. The van der Waals surface area contributed by atoms with Crippen molar-refractivity contribution in [3.05, 3.63) is 11.8 Å². The molecule has 2 amide bonds. The molecule has 1 aliphatic rings. The maximum atomic E-state index is 12.1. The molecule has 7 heteroatoms. The Labute approximate surface area is 132 Å². The molecule has 1 aromatic rings. The zero-order chi connectivity index (χ0) is 16.2. The van der Waals surface area contributed by atoms with E-state index in [1.165, 1.54) is 0 Å². The summed E-state index contributed by atoms with van der Waals surface area (Å²) in [5.41, 5.74) is 0.827. The van der Waals surface area contributed by atoms with Gasteiger partial charge in [0.05, 0.1) is 18.9 Å². The van der Waals surface area contributed by atoms with Crippen molar-refractivity contribution in [3.63, 3.8) is 0 Å². The molecule has 1 aliphatic heterocycles. The third kappa shape index (κ3) is 3.98. The average molecular weight is 309 g/mol. The molecule has 1 saturated heterocycles. The third-order valence-electron chi connectivity index (χ3n) is 4.41. The summed E-state index contributed by atoms with van der Waals surface area (Å²) < 4.78 is 7.07. The number of nitrogens with one attached hydrogen (secondary N) is 2. The summed E-state index contributed by atoms with van der Waals surface area (Å²) in [4.78, 5) is 14.5. The van der Waals surface area contributed by atoms with Gasteiger partial charge in [-0.2, -0.15) is 5.10 Å². The van der Waals surface area contributed by atoms with Gasteiger partial charge in [-0.1, -0.05) is 6.92 Å². The highest BCUT2D eigenvalue weighted by Crippen LogP contribution is 2.20. The molecule has 124 valence electrons. The molecule has 2 heterocycles. The molecule has 2 rings (SSSR count). The van der Waals surface area contributed by atoms with Crippen LogP contribution in [0.1, 0.15) is 26.0 Å². The topological polar surface area (TPSA) is 71.4 Å². The van der Waals surface area contributed by atoms with Crippen molar-refractivity contribution >= 4 is 11.8 Å². The van der Waals surface area contributed by atoms with Crippen LogP contribution in [0.5, 0.6) is 0 Å². The van der Waals surface area contributed by atoms with Gasteiger partial charge < -0.3 is 10.1 Å². The molecule has 0 bridgehead atoms. The number of aromatic nitrogens is 2. The number of anilines is 1. The Bertz CT molecular complexity index is 510. The zero-order valence-corrected chi connectivity index (χ0v) is 14.0. The van der Waals surface area contributed by atoms with Crippen LogP contribution in [0, 0.1) is 6.92 Å². The number of hydrogen-bond acceptors (Lipinski definition) is 4. The minimum Gasteiger partial charge on any atom is -0.379 e. The fraction of sp³-hybridized carbons (Fsp3) is 0.733. The Morgan fingerprint density at radius 3 is 2.68 bits per heavy atom. The van der Waals surface area contributed by atoms with E-state index in [1.807, 2.05) is 20.0 Å². The van der Waals surface area contributed by atoms with Gasteiger partial charge in [0.25, 0.3) is 0 Å². The lowest BCUT2D eigenvalue weighted by molar-refractivity contribution is -0.0163. The van der Waals surface area contributed by atoms with Crippen LogP contribution in [-0.4, -0.2) is 59.1 Å². The number of urea groups is 1. The van der Waals surface area contributed by atoms with E-state index in [9.17, 15) is 4.79 Å². The van der Waals surface area contributed by atoms with Crippen molar-refractivity contribution in [2.24, 2.45) is 7.05 Å². The van der Waals surface area contributed by atoms with Crippen LogP contribution < -0.4 is 10.6 Å². The molecule has 0 unspecified atom stereocenters. The van der Waals surface area contributed by atoms with Gasteiger partial charge in [0.2, 0.25) is 0 Å². The summed E-state index contributed by atoms with van der Waals surface area (Å²) in [7, 11) is 1.81. The first-order chi connectivity index (χ1) is 10.4. The second-order valence-corrected chi connectivity index (χ2v) is 6.05. The predicted octanol–water partition coefficient (Wildman–Crippen LogP) is 1.35. The molecule has 2 N–H and O–H groups in total. The summed E-state index contributed by atoms with van der Waals surface area (Å²) in [5.74, 6) is 0.694. The summed E-state index contributed by atoms with van der Waals surface area (Å²) >= 11 is 0. The summed E-state index contributed by atoms with van der Waals surface area (Å²) in [6.07, 6.45) is 0.970. The van der Waals surface area contributed by atoms with Crippen LogP contribution in [-0.2, 0) is 11.8 Å². The molecule has 0 spiro atoms. The molecule has 0 aliphatic carbocycles. The number of carbonyl (C=O) groups is 1. The number of morpholine rings is 1. The fourth-order valence-corrected chi connectivity index (χ4v) is 2.72. The Kier molecular flexibility index (Phi) is 5.42. The number of aryl methyl sites for hydroxylation is 2. The second-order valence-electron chi connectivity index (χ2n) is 6.05. The highest BCUT2D eigenvalue weighted by Gasteiger charge is 2.31. The Morgan fingerprint density at radius 2 is 2.14 bits per heavy atom. The molecular weight excluding hydrogens is 282 g/mol. The lowest BCUT2D eigenvalue weighted by Crippen LogP contribution is -2.57. The van der Waals surface area contributed by atoms with Gasteiger partial charge in [0.15, 0.2) is 0 Å². The van der Waals surface area contributed by atoms with Crippen molar-refractivity contribution in [2.75, 3.05) is 38.2 Å². The Balaban J connectivity index is 1.89. The first-order valence-corrected chi connectivity index (χ1v) is 7.83. The zero-order valence-electron chi connectivity index (χ0n) is 14.0. The van der Waals surface area contributed by atoms with Crippen LogP contribution in [0.2, 0.25) is 0 Å². The van der Waals surface area contributed by atoms with Gasteiger partial charge >= 0.3 is 6.03 Å². The number of ether oxygens (including phenoxy) is 1. The highest BCUT2D eigenvalue weighted by atomic mass is 16.5. The summed E-state index contributed by atoms with van der Waals surface area (Å²) in [6.45, 7) is 10.2. The number of carbonyl (C=O) groups excluding carboxylic acids is 1. The minimum absolute atomic E-state index is 0.0521. The van der Waals surface area contributed by atoms with E-state index in [0.717, 1.165) is 38.4 Å². The molecule has 0 aromatic carbocycles. The maximum Gasteiger partial charge on any atom is 0.320 e. The van der Waals surface area contributed by atoms with Gasteiger partial charge in [-0.3, -0.25) is 14.9 Å². The van der Waals surface area contributed by atoms with Gasteiger partial charge in [0.1, 0.15) is 5.82 Å². The van der Waals surface area contributed by atoms with Crippen molar-refractivity contribution in [2.45, 2.75) is 32.7 Å². The lowest BCUT2D eigenvalue weighted by Gasteiger charge is -2.43. The van der Waals surface area contributed by atoms with E-state index >= 15 is 0 Å². The minimum atomic E-state index is -0.198. The predicted molar refractivity (Wildman–Crippen MR) is 86.1 cm³/mol. The molecule has 0 radical (unpaired) electrons. The van der Waals surface area contributed by atoms with Gasteiger partial charge in [-0.25, -0.2) is 4.79 Å². The molecular formula is C15H27N5O2. The van der Waals surface area contributed by atoms with E-state index in [4.69, 9.17) is 4.74 Å². The molecule has 1 fully saturated rings. The van der Waals surface area contributed by atoms with Crippen molar-refractivity contribution in [1.82, 2.24) is 20.0 Å². The second kappa shape index (κ2) is 7.11. The maximum absolute atomic E-state index is 12.1. The fourth-order valence-electron chi connectivity index (χ4n) is 2.72.